The second-order valence-corrected chi connectivity index (χ2v) is 8.75. The van der Waals surface area contributed by atoms with Crippen LogP contribution in [0.15, 0.2) is 60.7 Å². The van der Waals surface area contributed by atoms with Gasteiger partial charge in [-0.1, -0.05) is 69.3 Å². The van der Waals surface area contributed by atoms with Crippen molar-refractivity contribution in [2.75, 3.05) is 13.1 Å². The van der Waals surface area contributed by atoms with Crippen molar-refractivity contribution < 1.29 is 24.5 Å². The Labute approximate surface area is 189 Å². The molecule has 0 spiro atoms. The maximum Gasteiger partial charge on any atom is 0.328 e. The van der Waals surface area contributed by atoms with Crippen molar-refractivity contribution in [3.63, 3.8) is 0 Å². The Kier molecular flexibility index (Phi) is 9.62. The van der Waals surface area contributed by atoms with Crippen LogP contribution in [0.5, 0.6) is 0 Å². The number of ether oxygens (including phenoxy) is 1. The highest BCUT2D eigenvalue weighted by Crippen LogP contribution is 2.28. The van der Waals surface area contributed by atoms with Gasteiger partial charge in [0.2, 0.25) is 0 Å². The molecule has 0 amide bonds. The van der Waals surface area contributed by atoms with Crippen LogP contribution in [0, 0.1) is 0 Å². The molecule has 3 N–H and O–H groups in total. The number of carbonyl (C=O) groups is 2. The molecular weight excluding hydrogens is 406 g/mol. The van der Waals surface area contributed by atoms with Crippen LogP contribution < -0.4 is 5.32 Å². The molecule has 1 heterocycles. The lowest BCUT2D eigenvalue weighted by Crippen LogP contribution is -2.32. The molecule has 1 fully saturated rings. The number of carboxylic acid groups (broad SMARTS) is 2. The summed E-state index contributed by atoms with van der Waals surface area (Å²) < 4.78 is 6.17. The van der Waals surface area contributed by atoms with E-state index in [1.165, 1.54) is 22.3 Å². The fourth-order valence-corrected chi connectivity index (χ4v) is 3.39. The number of hydrogen-bond acceptors (Lipinski definition) is 4. The molecule has 0 aliphatic carbocycles. The second-order valence-electron chi connectivity index (χ2n) is 8.75. The highest BCUT2D eigenvalue weighted by atomic mass is 16.5. The Hall–Kier alpha value is -2.96. The van der Waals surface area contributed by atoms with Crippen molar-refractivity contribution in [3.05, 3.63) is 71.8 Å². The first-order chi connectivity index (χ1) is 15.2. The van der Waals surface area contributed by atoms with Gasteiger partial charge in [0, 0.05) is 12.2 Å². The van der Waals surface area contributed by atoms with E-state index in [1.54, 1.807) is 0 Å². The van der Waals surface area contributed by atoms with E-state index in [-0.39, 0.29) is 5.41 Å². The Morgan fingerprint density at radius 2 is 1.53 bits per heavy atom. The van der Waals surface area contributed by atoms with Crippen molar-refractivity contribution in [1.82, 2.24) is 5.32 Å². The van der Waals surface area contributed by atoms with E-state index in [9.17, 15) is 9.59 Å². The third-order valence-electron chi connectivity index (χ3n) is 5.21. The molecule has 172 valence electrons. The van der Waals surface area contributed by atoms with Crippen molar-refractivity contribution in [1.29, 1.82) is 0 Å². The Bertz CT molecular complexity index is 891. The van der Waals surface area contributed by atoms with Gasteiger partial charge in [0.1, 0.15) is 0 Å². The van der Waals surface area contributed by atoms with Crippen molar-refractivity contribution in [2.24, 2.45) is 0 Å². The quantitative estimate of drug-likeness (QED) is 0.568. The minimum atomic E-state index is -1.26. The first-order valence-corrected chi connectivity index (χ1v) is 10.8. The SMILES string of the molecule is CC(C)(C)c1ccc(-c2ccccc2COC2CCNCC2)cc1.O=C(O)C=CC(=O)O. The largest absolute Gasteiger partial charge is 0.478 e. The zero-order valence-electron chi connectivity index (χ0n) is 19.0. The van der Waals surface area contributed by atoms with Gasteiger partial charge in [-0.3, -0.25) is 0 Å². The summed E-state index contributed by atoms with van der Waals surface area (Å²) in [5, 5.41) is 19.0. The van der Waals surface area contributed by atoms with Gasteiger partial charge in [-0.2, -0.15) is 0 Å². The van der Waals surface area contributed by atoms with Gasteiger partial charge >= 0.3 is 11.9 Å². The highest BCUT2D eigenvalue weighted by molar-refractivity contribution is 5.89. The zero-order valence-corrected chi connectivity index (χ0v) is 19.0. The van der Waals surface area contributed by atoms with Gasteiger partial charge in [-0.15, -0.1) is 0 Å². The highest BCUT2D eigenvalue weighted by Gasteiger charge is 2.16. The van der Waals surface area contributed by atoms with Gasteiger partial charge in [-0.05, 0) is 53.6 Å². The van der Waals surface area contributed by atoms with Crippen LogP contribution in [-0.2, 0) is 26.3 Å². The summed E-state index contributed by atoms with van der Waals surface area (Å²) >= 11 is 0. The first kappa shape index (κ1) is 25.3. The summed E-state index contributed by atoms with van der Waals surface area (Å²) in [5.41, 5.74) is 5.39. The van der Waals surface area contributed by atoms with Crippen LogP contribution in [0.4, 0.5) is 0 Å². The van der Waals surface area contributed by atoms with E-state index in [4.69, 9.17) is 14.9 Å². The summed E-state index contributed by atoms with van der Waals surface area (Å²) in [6, 6.07) is 17.6. The average molecular weight is 440 g/mol. The molecule has 6 heteroatoms. The lowest BCUT2D eigenvalue weighted by molar-refractivity contribution is -0.134. The predicted octanol–water partition coefficient (Wildman–Crippen LogP) is 4.63. The Balaban J connectivity index is 0.000000390. The molecular formula is C26H33NO5. The molecule has 2 aromatic carbocycles. The molecule has 0 atom stereocenters. The molecule has 2 aromatic rings. The summed E-state index contributed by atoms with van der Waals surface area (Å²) in [7, 11) is 0. The molecule has 6 nitrogen and oxygen atoms in total. The smallest absolute Gasteiger partial charge is 0.328 e. The summed E-state index contributed by atoms with van der Waals surface area (Å²) in [6.07, 6.45) is 3.73. The zero-order chi connectivity index (χ0) is 23.6. The molecule has 1 saturated heterocycles. The second kappa shape index (κ2) is 12.2. The summed E-state index contributed by atoms with van der Waals surface area (Å²) in [6.45, 7) is 9.59. The Morgan fingerprint density at radius 3 is 2.06 bits per heavy atom. The fraction of sp³-hybridized carbons (Fsp3) is 0.385. The standard InChI is InChI=1S/C22H29NO.C4H4O4/c1-22(2,3)19-10-8-17(9-11-19)21-7-5-4-6-18(21)16-24-20-12-14-23-15-13-20;5-3(6)1-2-4(7)8/h4-11,20,23H,12-16H2,1-3H3;1-2H,(H,5,6)(H,7,8). The van der Waals surface area contributed by atoms with Gasteiger partial charge in [-0.25, -0.2) is 9.59 Å². The monoisotopic (exact) mass is 439 g/mol. The number of rotatable bonds is 6. The molecule has 0 saturated carbocycles. The molecule has 0 radical (unpaired) electrons. The number of nitrogens with one attached hydrogen (secondary N) is 1. The molecule has 1 aliphatic heterocycles. The Morgan fingerprint density at radius 1 is 0.969 bits per heavy atom. The average Bonchev–Trinajstić information content (AvgIpc) is 2.77. The van der Waals surface area contributed by atoms with Gasteiger partial charge in [0.05, 0.1) is 12.7 Å². The van der Waals surface area contributed by atoms with Crippen LogP contribution in [-0.4, -0.2) is 41.3 Å². The van der Waals surface area contributed by atoms with E-state index in [2.05, 4.69) is 74.6 Å². The lowest BCUT2D eigenvalue weighted by Gasteiger charge is -2.23. The third kappa shape index (κ3) is 8.65. The first-order valence-electron chi connectivity index (χ1n) is 10.8. The molecule has 0 bridgehead atoms. The predicted molar refractivity (Wildman–Crippen MR) is 126 cm³/mol. The third-order valence-corrected chi connectivity index (χ3v) is 5.21. The number of benzene rings is 2. The fourth-order valence-electron chi connectivity index (χ4n) is 3.39. The van der Waals surface area contributed by atoms with Crippen LogP contribution in [0.25, 0.3) is 11.1 Å². The van der Waals surface area contributed by atoms with Gasteiger partial charge in [0.25, 0.3) is 0 Å². The lowest BCUT2D eigenvalue weighted by atomic mass is 9.86. The summed E-state index contributed by atoms with van der Waals surface area (Å²) in [4.78, 5) is 19.1. The van der Waals surface area contributed by atoms with Crippen LogP contribution in [0.2, 0.25) is 0 Å². The molecule has 32 heavy (non-hydrogen) atoms. The minimum absolute atomic E-state index is 0.191. The molecule has 1 aliphatic rings. The minimum Gasteiger partial charge on any atom is -0.478 e. The van der Waals surface area contributed by atoms with E-state index in [0.717, 1.165) is 25.9 Å². The molecule has 0 aromatic heterocycles. The van der Waals surface area contributed by atoms with Gasteiger partial charge in [0.15, 0.2) is 0 Å². The maximum absolute atomic E-state index is 9.55. The number of carboxylic acids is 2. The van der Waals surface area contributed by atoms with E-state index >= 15 is 0 Å². The molecule has 3 rings (SSSR count). The molecule has 0 unspecified atom stereocenters. The van der Waals surface area contributed by atoms with Crippen molar-refractivity contribution in [3.8, 4) is 11.1 Å². The number of piperidine rings is 1. The van der Waals surface area contributed by atoms with Crippen LogP contribution in [0.3, 0.4) is 0 Å². The van der Waals surface area contributed by atoms with Crippen LogP contribution in [0.1, 0.15) is 44.7 Å². The van der Waals surface area contributed by atoms with Crippen molar-refractivity contribution >= 4 is 11.9 Å². The van der Waals surface area contributed by atoms with Gasteiger partial charge < -0.3 is 20.3 Å². The van der Waals surface area contributed by atoms with E-state index < -0.39 is 11.9 Å². The number of hydrogen-bond donors (Lipinski definition) is 3. The van der Waals surface area contributed by atoms with Crippen LogP contribution >= 0.6 is 0 Å². The topological polar surface area (TPSA) is 95.9 Å². The maximum atomic E-state index is 9.55. The van der Waals surface area contributed by atoms with E-state index in [0.29, 0.717) is 24.9 Å². The van der Waals surface area contributed by atoms with Crippen molar-refractivity contribution in [2.45, 2.75) is 51.7 Å². The van der Waals surface area contributed by atoms with E-state index in [1.807, 2.05) is 0 Å². The number of aliphatic carboxylic acids is 2. The normalized spacial score (nSPS) is 14.6. The summed E-state index contributed by atoms with van der Waals surface area (Å²) in [5.74, 6) is -2.51.